The van der Waals surface area contributed by atoms with Gasteiger partial charge in [0.1, 0.15) is 11.9 Å². The van der Waals surface area contributed by atoms with Gasteiger partial charge in [-0.05, 0) is 48.2 Å². The molecule has 0 saturated heterocycles. The minimum atomic E-state index is -3.34. The van der Waals surface area contributed by atoms with Gasteiger partial charge in [0, 0.05) is 6.26 Å². The Labute approximate surface area is 124 Å². The van der Waals surface area contributed by atoms with E-state index in [2.05, 4.69) is 0 Å². The highest BCUT2D eigenvalue weighted by atomic mass is 32.2. The molecule has 0 heterocycles. The lowest BCUT2D eigenvalue weighted by atomic mass is 9.97. The number of aryl methyl sites for hydroxylation is 2. The summed E-state index contributed by atoms with van der Waals surface area (Å²) in [5.41, 5.74) is 1.90. The van der Waals surface area contributed by atoms with E-state index < -0.39 is 15.9 Å². The normalized spacial score (nSPS) is 13.2. The summed E-state index contributed by atoms with van der Waals surface area (Å²) in [5, 5.41) is 10.4. The number of hydrogen-bond acceptors (Lipinski definition) is 3. The maximum atomic E-state index is 13.6. The molecule has 2 rings (SSSR count). The van der Waals surface area contributed by atoms with Crippen molar-refractivity contribution >= 4 is 9.84 Å². The lowest BCUT2D eigenvalue weighted by molar-refractivity contribution is 0.219. The maximum absolute atomic E-state index is 13.6. The smallest absolute Gasteiger partial charge is 0.175 e. The fourth-order valence-corrected chi connectivity index (χ4v) is 2.92. The Bertz CT molecular complexity index is 759. The van der Waals surface area contributed by atoms with Gasteiger partial charge in [-0.15, -0.1) is 0 Å². The highest BCUT2D eigenvalue weighted by Gasteiger charge is 2.16. The Balaban J connectivity index is 2.48. The second kappa shape index (κ2) is 5.58. The molecule has 0 aromatic heterocycles. The zero-order chi connectivity index (χ0) is 15.8. The maximum Gasteiger partial charge on any atom is 0.175 e. The highest BCUT2D eigenvalue weighted by molar-refractivity contribution is 7.90. The average Bonchev–Trinajstić information content (AvgIpc) is 2.42. The summed E-state index contributed by atoms with van der Waals surface area (Å²) in [6.07, 6.45) is 0.120. The van der Waals surface area contributed by atoms with Gasteiger partial charge >= 0.3 is 0 Å². The molecule has 1 N–H and O–H groups in total. The second-order valence-corrected chi connectivity index (χ2v) is 7.23. The number of sulfone groups is 1. The van der Waals surface area contributed by atoms with Gasteiger partial charge in [0.2, 0.25) is 0 Å². The molecule has 0 aliphatic heterocycles. The van der Waals surface area contributed by atoms with Gasteiger partial charge in [-0.25, -0.2) is 12.8 Å². The number of benzene rings is 2. The fourth-order valence-electron chi connectivity index (χ4n) is 2.24. The van der Waals surface area contributed by atoms with E-state index in [1.807, 2.05) is 0 Å². The lowest BCUT2D eigenvalue weighted by Crippen LogP contribution is -2.04. The Morgan fingerprint density at radius 2 is 1.62 bits per heavy atom. The van der Waals surface area contributed by atoms with Crippen molar-refractivity contribution in [3.05, 3.63) is 64.5 Å². The van der Waals surface area contributed by atoms with Crippen LogP contribution in [-0.2, 0) is 9.84 Å². The molecular formula is C16H17FO3S. The summed E-state index contributed by atoms with van der Waals surface area (Å²) in [4.78, 5) is 0.148. The third-order valence-electron chi connectivity index (χ3n) is 3.38. The van der Waals surface area contributed by atoms with E-state index in [9.17, 15) is 17.9 Å². The van der Waals surface area contributed by atoms with Crippen LogP contribution in [0.1, 0.15) is 28.4 Å². The summed E-state index contributed by atoms with van der Waals surface area (Å²) in [7, 11) is -3.34. The van der Waals surface area contributed by atoms with Crippen molar-refractivity contribution in [2.45, 2.75) is 24.8 Å². The lowest BCUT2D eigenvalue weighted by Gasteiger charge is -2.14. The Kier molecular flexibility index (Phi) is 4.16. The molecule has 1 atom stereocenters. The number of aliphatic hydroxyl groups is 1. The highest BCUT2D eigenvalue weighted by Crippen LogP contribution is 2.27. The molecule has 0 radical (unpaired) electrons. The van der Waals surface area contributed by atoms with Crippen molar-refractivity contribution in [2.24, 2.45) is 0 Å². The van der Waals surface area contributed by atoms with Gasteiger partial charge < -0.3 is 5.11 Å². The molecule has 0 aliphatic carbocycles. The van der Waals surface area contributed by atoms with Gasteiger partial charge in [-0.3, -0.25) is 0 Å². The predicted molar refractivity (Wildman–Crippen MR) is 79.5 cm³/mol. The van der Waals surface area contributed by atoms with Gasteiger partial charge in [-0.1, -0.05) is 24.3 Å². The van der Waals surface area contributed by atoms with Gasteiger partial charge in [0.25, 0.3) is 0 Å². The second-order valence-electron chi connectivity index (χ2n) is 5.22. The van der Waals surface area contributed by atoms with Crippen LogP contribution < -0.4 is 0 Å². The SMILES string of the molecule is Cc1cc(C(O)c2cccc(S(C)(=O)=O)c2)cc(C)c1F. The van der Waals surface area contributed by atoms with E-state index in [0.717, 1.165) is 6.26 Å². The van der Waals surface area contributed by atoms with E-state index in [1.54, 1.807) is 38.1 Å². The first-order valence-electron chi connectivity index (χ1n) is 6.45. The number of rotatable bonds is 3. The van der Waals surface area contributed by atoms with Crippen molar-refractivity contribution in [3.8, 4) is 0 Å². The topological polar surface area (TPSA) is 54.4 Å². The largest absolute Gasteiger partial charge is 0.384 e. The molecule has 5 heteroatoms. The van der Waals surface area contributed by atoms with Gasteiger partial charge in [-0.2, -0.15) is 0 Å². The first-order valence-corrected chi connectivity index (χ1v) is 8.34. The predicted octanol–water partition coefficient (Wildman–Crippen LogP) is 2.93. The summed E-state index contributed by atoms with van der Waals surface area (Å²) in [6.45, 7) is 3.26. The first kappa shape index (κ1) is 15.7. The monoisotopic (exact) mass is 308 g/mol. The van der Waals surface area contributed by atoms with Crippen LogP contribution >= 0.6 is 0 Å². The van der Waals surface area contributed by atoms with Crippen LogP contribution in [0.4, 0.5) is 4.39 Å². The van der Waals surface area contributed by atoms with Crippen molar-refractivity contribution in [1.29, 1.82) is 0 Å². The standard InChI is InChI=1S/C16H17FO3S/c1-10-7-13(8-11(2)15(10)17)16(18)12-5-4-6-14(9-12)21(3,19)20/h4-9,16,18H,1-3H3. The molecule has 2 aromatic carbocycles. The molecular weight excluding hydrogens is 291 g/mol. The van der Waals surface area contributed by atoms with Crippen molar-refractivity contribution in [2.75, 3.05) is 6.26 Å². The van der Waals surface area contributed by atoms with Crippen LogP contribution in [0.2, 0.25) is 0 Å². The molecule has 2 aromatic rings. The van der Waals surface area contributed by atoms with E-state index in [1.165, 1.54) is 12.1 Å². The Morgan fingerprint density at radius 1 is 1.05 bits per heavy atom. The molecule has 1 unspecified atom stereocenters. The zero-order valence-electron chi connectivity index (χ0n) is 12.1. The van der Waals surface area contributed by atoms with E-state index >= 15 is 0 Å². The van der Waals surface area contributed by atoms with Crippen LogP contribution in [0.15, 0.2) is 41.3 Å². The van der Waals surface area contributed by atoms with Crippen molar-refractivity contribution in [3.63, 3.8) is 0 Å². The molecule has 112 valence electrons. The number of hydrogen-bond donors (Lipinski definition) is 1. The molecule has 0 amide bonds. The zero-order valence-corrected chi connectivity index (χ0v) is 12.9. The Morgan fingerprint density at radius 3 is 2.14 bits per heavy atom. The molecule has 0 saturated carbocycles. The minimum Gasteiger partial charge on any atom is -0.384 e. The molecule has 3 nitrogen and oxygen atoms in total. The third-order valence-corrected chi connectivity index (χ3v) is 4.49. The molecule has 0 bridgehead atoms. The molecule has 0 spiro atoms. The van der Waals surface area contributed by atoms with Crippen LogP contribution in [0.3, 0.4) is 0 Å². The van der Waals surface area contributed by atoms with E-state index in [-0.39, 0.29) is 10.7 Å². The van der Waals surface area contributed by atoms with E-state index in [0.29, 0.717) is 22.3 Å². The van der Waals surface area contributed by atoms with Crippen LogP contribution in [-0.4, -0.2) is 19.8 Å². The number of halogens is 1. The molecule has 0 aliphatic rings. The van der Waals surface area contributed by atoms with Crippen LogP contribution in [0.5, 0.6) is 0 Å². The first-order chi connectivity index (χ1) is 9.70. The minimum absolute atomic E-state index is 0.148. The summed E-state index contributed by atoms with van der Waals surface area (Å²) in [6, 6.07) is 9.28. The molecule has 21 heavy (non-hydrogen) atoms. The molecule has 0 fully saturated rings. The van der Waals surface area contributed by atoms with Gasteiger partial charge in [0.05, 0.1) is 4.90 Å². The summed E-state index contributed by atoms with van der Waals surface area (Å²) < 4.78 is 36.8. The van der Waals surface area contributed by atoms with Crippen molar-refractivity contribution in [1.82, 2.24) is 0 Å². The van der Waals surface area contributed by atoms with Crippen molar-refractivity contribution < 1.29 is 17.9 Å². The summed E-state index contributed by atoms with van der Waals surface area (Å²) >= 11 is 0. The summed E-state index contributed by atoms with van der Waals surface area (Å²) in [5.74, 6) is -0.296. The fraction of sp³-hybridized carbons (Fsp3) is 0.250. The van der Waals surface area contributed by atoms with Crippen LogP contribution in [0, 0.1) is 19.7 Å². The Hall–Kier alpha value is -1.72. The van der Waals surface area contributed by atoms with Gasteiger partial charge in [0.15, 0.2) is 9.84 Å². The quantitative estimate of drug-likeness (QED) is 0.948. The number of aliphatic hydroxyl groups excluding tert-OH is 1. The van der Waals surface area contributed by atoms with Crippen LogP contribution in [0.25, 0.3) is 0 Å². The van der Waals surface area contributed by atoms with E-state index in [4.69, 9.17) is 0 Å². The third kappa shape index (κ3) is 3.31. The average molecular weight is 308 g/mol.